The normalized spacial score (nSPS) is 30.7. The van der Waals surface area contributed by atoms with Crippen molar-refractivity contribution in [3.63, 3.8) is 0 Å². The van der Waals surface area contributed by atoms with Crippen LogP contribution < -0.4 is 0 Å². The molecule has 3 unspecified atom stereocenters. The molecule has 0 saturated carbocycles. The van der Waals surface area contributed by atoms with E-state index in [1.165, 1.54) is 18.7 Å². The number of carbonyl (C=O) groups is 2. The van der Waals surface area contributed by atoms with E-state index in [0.717, 1.165) is 12.7 Å². The lowest BCUT2D eigenvalue weighted by atomic mass is 9.89. The standard InChI is InChI=1S/C12H19NO5S/c1-12(2,19(3,17)18)11(16)13-7-4-5-9(13)8(6-7)10(14)15/h7-9H,4-6H2,1-3H3,(H,14,15). The molecule has 0 aromatic rings. The number of carboxylic acids is 1. The Morgan fingerprint density at radius 1 is 1.26 bits per heavy atom. The lowest BCUT2D eigenvalue weighted by Crippen LogP contribution is -2.52. The van der Waals surface area contributed by atoms with Crippen LogP contribution in [0.2, 0.25) is 0 Å². The second-order valence-electron chi connectivity index (χ2n) is 5.97. The van der Waals surface area contributed by atoms with Crippen molar-refractivity contribution < 1.29 is 23.1 Å². The van der Waals surface area contributed by atoms with Crippen LogP contribution in [0.1, 0.15) is 33.1 Å². The number of carbonyl (C=O) groups excluding carboxylic acids is 1. The van der Waals surface area contributed by atoms with Gasteiger partial charge in [-0.15, -0.1) is 0 Å². The van der Waals surface area contributed by atoms with Gasteiger partial charge in [0.2, 0.25) is 5.91 Å². The van der Waals surface area contributed by atoms with Gasteiger partial charge in [0.1, 0.15) is 4.75 Å². The summed E-state index contributed by atoms with van der Waals surface area (Å²) in [4.78, 5) is 25.2. The molecule has 7 heteroatoms. The second kappa shape index (κ2) is 4.19. The Kier molecular flexibility index (Phi) is 3.16. The molecule has 1 amide bonds. The van der Waals surface area contributed by atoms with Gasteiger partial charge in [0, 0.05) is 18.3 Å². The lowest BCUT2D eigenvalue weighted by molar-refractivity contribution is -0.143. The summed E-state index contributed by atoms with van der Waals surface area (Å²) in [5.74, 6) is -1.92. The monoisotopic (exact) mass is 289 g/mol. The summed E-state index contributed by atoms with van der Waals surface area (Å²) < 4.78 is 22.0. The van der Waals surface area contributed by atoms with Gasteiger partial charge in [-0.05, 0) is 33.1 Å². The Bertz CT molecular complexity index is 524. The van der Waals surface area contributed by atoms with Crippen LogP contribution in [0.25, 0.3) is 0 Å². The molecule has 19 heavy (non-hydrogen) atoms. The van der Waals surface area contributed by atoms with Crippen molar-refractivity contribution in [1.82, 2.24) is 4.90 Å². The third-order valence-corrected chi connectivity index (χ3v) is 6.56. The van der Waals surface area contributed by atoms with Crippen molar-refractivity contribution in [3.05, 3.63) is 0 Å². The Labute approximate surface area is 112 Å². The van der Waals surface area contributed by atoms with Crippen LogP contribution >= 0.6 is 0 Å². The fourth-order valence-electron chi connectivity index (χ4n) is 3.04. The summed E-state index contributed by atoms with van der Waals surface area (Å²) in [5.41, 5.74) is 0. The van der Waals surface area contributed by atoms with Crippen LogP contribution in [0, 0.1) is 5.92 Å². The Morgan fingerprint density at radius 2 is 1.84 bits per heavy atom. The van der Waals surface area contributed by atoms with Crippen LogP contribution in [0.15, 0.2) is 0 Å². The van der Waals surface area contributed by atoms with Crippen molar-refractivity contribution >= 4 is 21.7 Å². The summed E-state index contributed by atoms with van der Waals surface area (Å²) in [7, 11) is -3.53. The van der Waals surface area contributed by atoms with E-state index in [9.17, 15) is 18.0 Å². The van der Waals surface area contributed by atoms with Gasteiger partial charge in [0.05, 0.1) is 5.92 Å². The number of carboxylic acid groups (broad SMARTS) is 1. The zero-order valence-corrected chi connectivity index (χ0v) is 12.1. The molecule has 2 heterocycles. The molecular weight excluding hydrogens is 270 g/mol. The maximum Gasteiger partial charge on any atom is 0.308 e. The van der Waals surface area contributed by atoms with Crippen LogP contribution in [-0.4, -0.2) is 53.4 Å². The third-order valence-electron chi connectivity index (χ3n) is 4.53. The zero-order chi connectivity index (χ0) is 14.6. The van der Waals surface area contributed by atoms with E-state index >= 15 is 0 Å². The summed E-state index contributed by atoms with van der Waals surface area (Å²) in [5, 5.41) is 9.14. The first-order chi connectivity index (χ1) is 8.57. The minimum Gasteiger partial charge on any atom is -0.481 e. The quantitative estimate of drug-likeness (QED) is 0.805. The van der Waals surface area contributed by atoms with E-state index in [4.69, 9.17) is 5.11 Å². The molecule has 2 bridgehead atoms. The fraction of sp³-hybridized carbons (Fsp3) is 0.833. The van der Waals surface area contributed by atoms with Crippen molar-refractivity contribution in [1.29, 1.82) is 0 Å². The van der Waals surface area contributed by atoms with Crippen molar-refractivity contribution in [2.45, 2.75) is 49.9 Å². The Morgan fingerprint density at radius 3 is 2.26 bits per heavy atom. The molecule has 3 atom stereocenters. The molecule has 2 saturated heterocycles. The van der Waals surface area contributed by atoms with Gasteiger partial charge in [-0.25, -0.2) is 8.42 Å². The van der Waals surface area contributed by atoms with Crippen LogP contribution in [0.4, 0.5) is 0 Å². The first kappa shape index (κ1) is 14.3. The number of amides is 1. The van der Waals surface area contributed by atoms with Gasteiger partial charge >= 0.3 is 5.97 Å². The minimum absolute atomic E-state index is 0.125. The average molecular weight is 289 g/mol. The summed E-state index contributed by atoms with van der Waals surface area (Å²) >= 11 is 0. The largest absolute Gasteiger partial charge is 0.481 e. The SMILES string of the molecule is CC(C)(C(=O)N1C2CCC1C(C(=O)O)C2)S(C)(=O)=O. The maximum absolute atomic E-state index is 12.5. The number of nitrogens with zero attached hydrogens (tertiary/aromatic N) is 1. The minimum atomic E-state index is -3.53. The summed E-state index contributed by atoms with van der Waals surface area (Å²) in [6, 6.07) is -0.476. The first-order valence-electron chi connectivity index (χ1n) is 6.32. The third kappa shape index (κ3) is 2.04. The molecule has 0 aromatic carbocycles. The molecule has 2 fully saturated rings. The van der Waals surface area contributed by atoms with Crippen LogP contribution in [0.5, 0.6) is 0 Å². The smallest absolute Gasteiger partial charge is 0.308 e. The first-order valence-corrected chi connectivity index (χ1v) is 8.21. The molecule has 108 valence electrons. The molecular formula is C12H19NO5S. The molecule has 0 spiro atoms. The van der Waals surface area contributed by atoms with E-state index in [1.54, 1.807) is 0 Å². The molecule has 2 aliphatic heterocycles. The van der Waals surface area contributed by atoms with E-state index < -0.39 is 32.4 Å². The highest BCUT2D eigenvalue weighted by Crippen LogP contribution is 2.43. The highest BCUT2D eigenvalue weighted by Gasteiger charge is 2.55. The van der Waals surface area contributed by atoms with Crippen molar-refractivity contribution in [3.8, 4) is 0 Å². The van der Waals surface area contributed by atoms with Crippen molar-refractivity contribution in [2.75, 3.05) is 6.26 Å². The Hall–Kier alpha value is -1.11. The summed E-state index contributed by atoms with van der Waals surface area (Å²) in [6.45, 7) is 2.77. The van der Waals surface area contributed by atoms with E-state index in [-0.39, 0.29) is 12.1 Å². The number of sulfone groups is 1. The zero-order valence-electron chi connectivity index (χ0n) is 11.3. The number of rotatable bonds is 3. The molecule has 1 N–H and O–H groups in total. The van der Waals surface area contributed by atoms with Gasteiger partial charge in [-0.2, -0.15) is 0 Å². The highest BCUT2D eigenvalue weighted by molar-refractivity contribution is 7.92. The number of fused-ring (bicyclic) bond motifs is 2. The van der Waals surface area contributed by atoms with Crippen molar-refractivity contribution in [2.24, 2.45) is 5.92 Å². The lowest BCUT2D eigenvalue weighted by Gasteiger charge is -2.31. The maximum atomic E-state index is 12.5. The second-order valence-corrected chi connectivity index (χ2v) is 8.54. The van der Waals surface area contributed by atoms with E-state index in [0.29, 0.717) is 12.8 Å². The van der Waals surface area contributed by atoms with Gasteiger partial charge in [-0.3, -0.25) is 9.59 Å². The predicted molar refractivity (Wildman–Crippen MR) is 68.3 cm³/mol. The summed E-state index contributed by atoms with van der Waals surface area (Å²) in [6.07, 6.45) is 2.89. The van der Waals surface area contributed by atoms with E-state index in [2.05, 4.69) is 0 Å². The number of hydrogen-bond donors (Lipinski definition) is 1. The van der Waals surface area contributed by atoms with Gasteiger partial charge < -0.3 is 10.0 Å². The molecule has 0 aromatic heterocycles. The predicted octanol–water partition coefficient (Wildman–Crippen LogP) is 0.274. The fourth-order valence-corrected chi connectivity index (χ4v) is 3.46. The molecule has 0 aliphatic carbocycles. The Balaban J connectivity index is 2.30. The molecule has 6 nitrogen and oxygen atoms in total. The topological polar surface area (TPSA) is 91.8 Å². The molecule has 2 rings (SSSR count). The van der Waals surface area contributed by atoms with Gasteiger partial charge in [0.15, 0.2) is 9.84 Å². The van der Waals surface area contributed by atoms with Gasteiger partial charge in [0.25, 0.3) is 0 Å². The van der Waals surface area contributed by atoms with Crippen LogP contribution in [0.3, 0.4) is 0 Å². The number of hydrogen-bond acceptors (Lipinski definition) is 4. The number of aliphatic carboxylic acids is 1. The molecule has 0 radical (unpaired) electrons. The van der Waals surface area contributed by atoms with Gasteiger partial charge in [-0.1, -0.05) is 0 Å². The highest BCUT2D eigenvalue weighted by atomic mass is 32.2. The van der Waals surface area contributed by atoms with Crippen LogP contribution in [-0.2, 0) is 19.4 Å². The average Bonchev–Trinajstić information content (AvgIpc) is 2.83. The molecule has 2 aliphatic rings. The van der Waals surface area contributed by atoms with E-state index in [1.807, 2.05) is 0 Å².